The lowest BCUT2D eigenvalue weighted by Crippen LogP contribution is -2.11. The zero-order valence-corrected chi connectivity index (χ0v) is 12.6. The highest BCUT2D eigenvalue weighted by atomic mass is 16.5. The molecule has 1 aromatic carbocycles. The largest absolute Gasteiger partial charge is 0.463 e. The lowest BCUT2D eigenvalue weighted by Gasteiger charge is -2.13. The van der Waals surface area contributed by atoms with Crippen LogP contribution in [0.25, 0.3) is 5.57 Å². The molecule has 0 bridgehead atoms. The third kappa shape index (κ3) is 4.28. The van der Waals surface area contributed by atoms with Crippen LogP contribution in [0.15, 0.2) is 35.9 Å². The summed E-state index contributed by atoms with van der Waals surface area (Å²) in [6, 6.07) is 9.72. The van der Waals surface area contributed by atoms with Crippen molar-refractivity contribution in [1.29, 1.82) is 0 Å². The van der Waals surface area contributed by atoms with Gasteiger partial charge in [-0.1, -0.05) is 36.8 Å². The van der Waals surface area contributed by atoms with E-state index in [-0.39, 0.29) is 11.8 Å². The summed E-state index contributed by atoms with van der Waals surface area (Å²) in [7, 11) is 0. The molecule has 1 aromatic rings. The monoisotopic (exact) mass is 286 g/mol. The minimum absolute atomic E-state index is 0.206. The predicted octanol–water partition coefficient (Wildman–Crippen LogP) is 3.93. The molecule has 0 saturated heterocycles. The van der Waals surface area contributed by atoms with Crippen molar-refractivity contribution in [3.8, 4) is 0 Å². The van der Waals surface area contributed by atoms with Crippen molar-refractivity contribution in [2.24, 2.45) is 0 Å². The molecule has 1 aliphatic rings. The highest BCUT2D eigenvalue weighted by molar-refractivity contribution is 6.02. The van der Waals surface area contributed by atoms with Crippen LogP contribution < -0.4 is 0 Å². The topological polar surface area (TPSA) is 43.4 Å². The molecule has 0 atom stereocenters. The number of Topliss-reactive ketones (excluding diaryl/α,β-unsaturated/α-hetero) is 1. The van der Waals surface area contributed by atoms with Crippen molar-refractivity contribution >= 4 is 17.3 Å². The van der Waals surface area contributed by atoms with E-state index in [9.17, 15) is 9.59 Å². The third-order valence-corrected chi connectivity index (χ3v) is 3.76. The molecule has 0 spiro atoms. The van der Waals surface area contributed by atoms with Gasteiger partial charge >= 0.3 is 5.97 Å². The van der Waals surface area contributed by atoms with Crippen LogP contribution in [0.1, 0.15) is 51.0 Å². The number of benzene rings is 1. The van der Waals surface area contributed by atoms with E-state index < -0.39 is 0 Å². The maximum absolute atomic E-state index is 12.3. The van der Waals surface area contributed by atoms with Crippen molar-refractivity contribution in [3.63, 3.8) is 0 Å². The van der Waals surface area contributed by atoms with Gasteiger partial charge in [-0.05, 0) is 37.3 Å². The molecule has 0 unspecified atom stereocenters. The highest BCUT2D eigenvalue weighted by Crippen LogP contribution is 2.29. The molecule has 21 heavy (non-hydrogen) atoms. The number of carbonyl (C=O) groups is 2. The summed E-state index contributed by atoms with van der Waals surface area (Å²) in [5, 5.41) is 0. The van der Waals surface area contributed by atoms with Crippen LogP contribution in [0, 0.1) is 0 Å². The van der Waals surface area contributed by atoms with Crippen LogP contribution in [0.3, 0.4) is 0 Å². The van der Waals surface area contributed by atoms with E-state index in [4.69, 9.17) is 4.74 Å². The number of rotatable bonds is 3. The zero-order chi connectivity index (χ0) is 15.1. The fourth-order valence-electron chi connectivity index (χ4n) is 2.70. The Labute approximate surface area is 126 Å². The van der Waals surface area contributed by atoms with E-state index in [1.54, 1.807) is 6.92 Å². The average molecular weight is 286 g/mol. The molecule has 0 fully saturated rings. The van der Waals surface area contributed by atoms with Crippen LogP contribution in [0.5, 0.6) is 0 Å². The number of ether oxygens (including phenoxy) is 1. The molecular formula is C18H22O3. The molecule has 0 aliphatic heterocycles. The first-order chi connectivity index (χ1) is 10.2. The minimum Gasteiger partial charge on any atom is -0.463 e. The van der Waals surface area contributed by atoms with Gasteiger partial charge in [-0.3, -0.25) is 4.79 Å². The van der Waals surface area contributed by atoms with Gasteiger partial charge in [0.2, 0.25) is 0 Å². The normalized spacial score (nSPS) is 20.3. The van der Waals surface area contributed by atoms with Crippen molar-refractivity contribution in [1.82, 2.24) is 0 Å². The van der Waals surface area contributed by atoms with Crippen molar-refractivity contribution in [2.45, 2.75) is 45.4 Å². The van der Waals surface area contributed by atoms with Gasteiger partial charge in [0, 0.05) is 18.4 Å². The molecule has 0 heterocycles. The molecule has 2 rings (SSSR count). The van der Waals surface area contributed by atoms with Gasteiger partial charge in [0.25, 0.3) is 0 Å². The summed E-state index contributed by atoms with van der Waals surface area (Å²) in [6.07, 6.45) is 4.45. The standard InChI is InChI=1S/C18H22O3/c1-2-21-18(20)16-12-8-4-7-11-15(19)13-17(16)14-9-5-3-6-10-14/h3,5-6,9-10H,2,4,7-8,11-13H2,1H3/b17-16-. The Balaban J connectivity index is 2.44. The molecule has 0 amide bonds. The fraction of sp³-hybridized carbons (Fsp3) is 0.444. The first-order valence-corrected chi connectivity index (χ1v) is 7.68. The van der Waals surface area contributed by atoms with Gasteiger partial charge < -0.3 is 4.74 Å². The zero-order valence-electron chi connectivity index (χ0n) is 12.6. The lowest BCUT2D eigenvalue weighted by molar-refractivity contribution is -0.138. The van der Waals surface area contributed by atoms with E-state index in [0.29, 0.717) is 31.4 Å². The molecule has 0 N–H and O–H groups in total. The number of esters is 1. The van der Waals surface area contributed by atoms with Gasteiger partial charge in [0.05, 0.1) is 6.61 Å². The summed E-state index contributed by atoms with van der Waals surface area (Å²) in [5.74, 6) is -0.0661. The van der Waals surface area contributed by atoms with Gasteiger partial charge in [-0.25, -0.2) is 4.79 Å². The van der Waals surface area contributed by atoms with Gasteiger partial charge in [-0.2, -0.15) is 0 Å². The van der Waals surface area contributed by atoms with Gasteiger partial charge in [0.1, 0.15) is 5.78 Å². The predicted molar refractivity (Wildman–Crippen MR) is 82.7 cm³/mol. The quantitative estimate of drug-likeness (QED) is 0.791. The van der Waals surface area contributed by atoms with Crippen molar-refractivity contribution in [2.75, 3.05) is 6.61 Å². The minimum atomic E-state index is -0.272. The van der Waals surface area contributed by atoms with E-state index in [1.807, 2.05) is 30.3 Å². The summed E-state index contributed by atoms with van der Waals surface area (Å²) < 4.78 is 5.20. The molecule has 3 nitrogen and oxygen atoms in total. The van der Waals surface area contributed by atoms with Crippen LogP contribution in [-0.4, -0.2) is 18.4 Å². The second-order valence-corrected chi connectivity index (χ2v) is 5.32. The van der Waals surface area contributed by atoms with E-state index in [0.717, 1.165) is 30.4 Å². The summed E-state index contributed by atoms with van der Waals surface area (Å²) in [6.45, 7) is 2.17. The summed E-state index contributed by atoms with van der Waals surface area (Å²) >= 11 is 0. The second kappa shape index (κ2) is 7.77. The van der Waals surface area contributed by atoms with E-state index in [1.165, 1.54) is 0 Å². The SMILES string of the molecule is CCOC(=O)/C1=C(\c2ccccc2)CC(=O)CCCCC1. The number of allylic oxidation sites excluding steroid dienone is 1. The summed E-state index contributed by atoms with van der Waals surface area (Å²) in [4.78, 5) is 24.4. The number of carbonyl (C=O) groups excluding carboxylic acids is 2. The Morgan fingerprint density at radius 1 is 1.10 bits per heavy atom. The maximum Gasteiger partial charge on any atom is 0.334 e. The molecule has 3 heteroatoms. The Morgan fingerprint density at radius 3 is 2.52 bits per heavy atom. The number of hydrogen-bond acceptors (Lipinski definition) is 3. The average Bonchev–Trinajstić information content (AvgIpc) is 2.59. The Hall–Kier alpha value is -1.90. The van der Waals surface area contributed by atoms with Crippen LogP contribution in [0.2, 0.25) is 0 Å². The fourth-order valence-corrected chi connectivity index (χ4v) is 2.70. The first kappa shape index (κ1) is 15.5. The smallest absolute Gasteiger partial charge is 0.334 e. The molecule has 1 aliphatic carbocycles. The maximum atomic E-state index is 12.3. The van der Waals surface area contributed by atoms with E-state index in [2.05, 4.69) is 0 Å². The van der Waals surface area contributed by atoms with Crippen LogP contribution >= 0.6 is 0 Å². The second-order valence-electron chi connectivity index (χ2n) is 5.32. The number of ketones is 1. The van der Waals surface area contributed by atoms with Crippen LogP contribution in [-0.2, 0) is 14.3 Å². The van der Waals surface area contributed by atoms with Crippen molar-refractivity contribution in [3.05, 3.63) is 41.5 Å². The molecule has 0 saturated carbocycles. The Morgan fingerprint density at radius 2 is 1.81 bits per heavy atom. The molecular weight excluding hydrogens is 264 g/mol. The van der Waals surface area contributed by atoms with E-state index >= 15 is 0 Å². The van der Waals surface area contributed by atoms with Gasteiger partial charge in [0.15, 0.2) is 0 Å². The summed E-state index contributed by atoms with van der Waals surface area (Å²) in [5.41, 5.74) is 2.48. The van der Waals surface area contributed by atoms with Crippen LogP contribution in [0.4, 0.5) is 0 Å². The molecule has 0 aromatic heterocycles. The Kier molecular flexibility index (Phi) is 5.73. The Bertz CT molecular complexity index is 529. The first-order valence-electron chi connectivity index (χ1n) is 7.68. The number of hydrogen-bond donors (Lipinski definition) is 0. The molecule has 112 valence electrons. The lowest BCUT2D eigenvalue weighted by atomic mass is 9.93. The van der Waals surface area contributed by atoms with Crippen molar-refractivity contribution < 1.29 is 14.3 Å². The molecule has 0 radical (unpaired) electrons. The van der Waals surface area contributed by atoms with Gasteiger partial charge in [-0.15, -0.1) is 0 Å². The third-order valence-electron chi connectivity index (χ3n) is 3.76. The highest BCUT2D eigenvalue weighted by Gasteiger charge is 2.21.